The van der Waals surface area contributed by atoms with Crippen LogP contribution in [0.1, 0.15) is 17.9 Å². The Kier molecular flexibility index (Phi) is 3.10. The molecular formula is C16H17NO4. The van der Waals surface area contributed by atoms with Gasteiger partial charge in [-0.3, -0.25) is 9.59 Å². The lowest BCUT2D eigenvalue weighted by Crippen LogP contribution is -2.61. The molecule has 1 amide bonds. The largest absolute Gasteiger partial charge is 0.468 e. The smallest absolute Gasteiger partial charge is 0.325 e. The van der Waals surface area contributed by atoms with Crippen LogP contribution in [-0.2, 0) is 14.3 Å². The highest BCUT2D eigenvalue weighted by atomic mass is 16.5. The summed E-state index contributed by atoms with van der Waals surface area (Å²) in [5.41, 5.74) is 0.0648. The fourth-order valence-electron chi connectivity index (χ4n) is 3.53. The van der Waals surface area contributed by atoms with E-state index < -0.39 is 29.3 Å². The van der Waals surface area contributed by atoms with Gasteiger partial charge in [0.1, 0.15) is 0 Å². The summed E-state index contributed by atoms with van der Waals surface area (Å²) < 4.78 is 4.87. The summed E-state index contributed by atoms with van der Waals surface area (Å²) in [5.74, 6) is -1.52. The Morgan fingerprint density at radius 3 is 2.86 bits per heavy atom. The Balaban J connectivity index is 2.29. The van der Waals surface area contributed by atoms with Crippen molar-refractivity contribution in [2.75, 3.05) is 19.1 Å². The minimum atomic E-state index is -1.59. The molecule has 1 heterocycles. The van der Waals surface area contributed by atoms with Crippen LogP contribution in [0.15, 0.2) is 36.4 Å². The number of methoxy groups -OCH3 is 1. The molecule has 0 spiro atoms. The Labute approximate surface area is 122 Å². The first-order valence-corrected chi connectivity index (χ1v) is 6.85. The quantitative estimate of drug-likeness (QED) is 0.479. The number of amides is 1. The summed E-state index contributed by atoms with van der Waals surface area (Å²) in [7, 11) is 2.86. The molecule has 1 aromatic rings. The van der Waals surface area contributed by atoms with Gasteiger partial charge in [0.25, 0.3) is 0 Å². The lowest BCUT2D eigenvalue weighted by Gasteiger charge is -2.47. The third-order valence-electron chi connectivity index (χ3n) is 4.56. The van der Waals surface area contributed by atoms with Gasteiger partial charge >= 0.3 is 5.97 Å². The Morgan fingerprint density at radius 1 is 1.43 bits per heavy atom. The summed E-state index contributed by atoms with van der Waals surface area (Å²) in [6.07, 6.45) is 2.65. The average molecular weight is 287 g/mol. The number of aliphatic hydroxyl groups excluding tert-OH is 1. The highest BCUT2D eigenvalue weighted by Crippen LogP contribution is 2.52. The van der Waals surface area contributed by atoms with Crippen molar-refractivity contribution in [2.45, 2.75) is 18.4 Å². The van der Waals surface area contributed by atoms with E-state index in [2.05, 4.69) is 0 Å². The molecule has 0 bridgehead atoms. The normalized spacial score (nSPS) is 30.6. The molecule has 5 nitrogen and oxygen atoms in total. The minimum Gasteiger partial charge on any atom is -0.468 e. The van der Waals surface area contributed by atoms with Crippen LogP contribution in [0.25, 0.3) is 0 Å². The van der Waals surface area contributed by atoms with E-state index in [0.717, 1.165) is 11.3 Å². The van der Waals surface area contributed by atoms with Gasteiger partial charge in [-0.05, 0) is 18.1 Å². The molecule has 1 aliphatic heterocycles. The first-order chi connectivity index (χ1) is 10.0. The van der Waals surface area contributed by atoms with Crippen LogP contribution in [0.3, 0.4) is 0 Å². The third-order valence-corrected chi connectivity index (χ3v) is 4.56. The van der Waals surface area contributed by atoms with E-state index >= 15 is 0 Å². The van der Waals surface area contributed by atoms with Crippen LogP contribution >= 0.6 is 0 Å². The first kappa shape index (κ1) is 13.8. The van der Waals surface area contributed by atoms with E-state index in [1.807, 2.05) is 30.3 Å². The van der Waals surface area contributed by atoms with Gasteiger partial charge in [-0.15, -0.1) is 0 Å². The molecule has 0 saturated heterocycles. The molecule has 3 rings (SSSR count). The van der Waals surface area contributed by atoms with E-state index in [9.17, 15) is 14.7 Å². The number of nitrogens with zero attached hydrogens (tertiary/aromatic N) is 1. The third kappa shape index (κ3) is 1.61. The fraction of sp³-hybridized carbons (Fsp3) is 0.375. The van der Waals surface area contributed by atoms with Gasteiger partial charge in [0.05, 0.1) is 13.2 Å². The number of esters is 1. The van der Waals surface area contributed by atoms with Crippen molar-refractivity contribution < 1.29 is 19.4 Å². The minimum absolute atomic E-state index is 0.412. The van der Waals surface area contributed by atoms with Crippen molar-refractivity contribution in [3.05, 3.63) is 42.0 Å². The van der Waals surface area contributed by atoms with Crippen LogP contribution in [0.5, 0.6) is 0 Å². The maximum absolute atomic E-state index is 12.9. The van der Waals surface area contributed by atoms with Crippen LogP contribution in [0.2, 0.25) is 0 Å². The second kappa shape index (κ2) is 4.70. The highest BCUT2D eigenvalue weighted by molar-refractivity contribution is 6.14. The number of ether oxygens (including phenoxy) is 1. The molecule has 0 radical (unpaired) electrons. The molecule has 21 heavy (non-hydrogen) atoms. The number of allylic oxidation sites excluding steroid dienone is 1. The zero-order valence-corrected chi connectivity index (χ0v) is 11.9. The number of aliphatic hydroxyl groups is 1. The van der Waals surface area contributed by atoms with Gasteiger partial charge in [0.15, 0.2) is 5.41 Å². The lowest BCUT2D eigenvalue weighted by molar-refractivity contribution is -0.167. The number of fused-ring (bicyclic) bond motifs is 3. The number of hydrogen-bond acceptors (Lipinski definition) is 4. The molecule has 2 aliphatic rings. The molecule has 0 unspecified atom stereocenters. The van der Waals surface area contributed by atoms with Gasteiger partial charge in [-0.25, -0.2) is 0 Å². The van der Waals surface area contributed by atoms with E-state index in [-0.39, 0.29) is 0 Å². The number of para-hydroxylation sites is 1. The molecule has 0 aromatic heterocycles. The van der Waals surface area contributed by atoms with E-state index in [1.54, 1.807) is 7.05 Å². The van der Waals surface area contributed by atoms with Crippen molar-refractivity contribution in [3.8, 4) is 0 Å². The van der Waals surface area contributed by atoms with Gasteiger partial charge in [0, 0.05) is 18.7 Å². The zero-order chi connectivity index (χ0) is 15.2. The molecule has 5 heteroatoms. The molecule has 110 valence electrons. The van der Waals surface area contributed by atoms with Crippen LogP contribution in [-0.4, -0.2) is 37.2 Å². The molecule has 1 aromatic carbocycles. The maximum Gasteiger partial charge on any atom is 0.325 e. The van der Waals surface area contributed by atoms with Crippen molar-refractivity contribution in [2.24, 2.45) is 5.41 Å². The number of rotatable bonds is 1. The molecule has 0 saturated carbocycles. The van der Waals surface area contributed by atoms with Crippen LogP contribution < -0.4 is 4.90 Å². The Morgan fingerprint density at radius 2 is 2.14 bits per heavy atom. The van der Waals surface area contributed by atoms with Gasteiger partial charge in [-0.1, -0.05) is 30.4 Å². The monoisotopic (exact) mass is 287 g/mol. The summed E-state index contributed by atoms with van der Waals surface area (Å²) >= 11 is 0. The van der Waals surface area contributed by atoms with Crippen LogP contribution in [0.4, 0.5) is 5.69 Å². The summed E-state index contributed by atoms with van der Waals surface area (Å²) in [5, 5.41) is 10.4. The number of benzene rings is 1. The lowest BCUT2D eigenvalue weighted by atomic mass is 9.61. The SMILES string of the molecule is COC(=O)[C@@]12C(=O)N(C)c3ccccc3[C@@H]1CC=C[C@H]2O. The topological polar surface area (TPSA) is 66.8 Å². The molecule has 1 aliphatic carbocycles. The van der Waals surface area contributed by atoms with Crippen molar-refractivity contribution in [1.82, 2.24) is 0 Å². The van der Waals surface area contributed by atoms with E-state index in [1.165, 1.54) is 18.1 Å². The number of anilines is 1. The molecule has 1 N–H and O–H groups in total. The molecular weight excluding hydrogens is 270 g/mol. The van der Waals surface area contributed by atoms with Crippen molar-refractivity contribution >= 4 is 17.6 Å². The molecule has 3 atom stereocenters. The van der Waals surface area contributed by atoms with Crippen LogP contribution in [0, 0.1) is 5.41 Å². The van der Waals surface area contributed by atoms with E-state index in [4.69, 9.17) is 4.74 Å². The Hall–Kier alpha value is -2.14. The van der Waals surface area contributed by atoms with Gasteiger partial charge in [0.2, 0.25) is 5.91 Å². The second-order valence-corrected chi connectivity index (χ2v) is 5.44. The summed E-state index contributed by atoms with van der Waals surface area (Å²) in [6, 6.07) is 7.46. The summed E-state index contributed by atoms with van der Waals surface area (Å²) in [6.45, 7) is 0. The zero-order valence-electron chi connectivity index (χ0n) is 11.9. The van der Waals surface area contributed by atoms with Gasteiger partial charge < -0.3 is 14.7 Å². The first-order valence-electron chi connectivity index (χ1n) is 6.85. The van der Waals surface area contributed by atoms with Crippen molar-refractivity contribution in [1.29, 1.82) is 0 Å². The standard InChI is InChI=1S/C16H17NO4/c1-17-12-8-4-3-6-10(12)11-7-5-9-13(18)16(11,14(17)19)15(20)21-2/h3-6,8-9,11,13,18H,7H2,1-2H3/t11-,13+,16-/m0/s1. The summed E-state index contributed by atoms with van der Waals surface area (Å²) in [4.78, 5) is 26.8. The number of carbonyl (C=O) groups excluding carboxylic acids is 2. The second-order valence-electron chi connectivity index (χ2n) is 5.44. The van der Waals surface area contributed by atoms with E-state index in [0.29, 0.717) is 6.42 Å². The highest BCUT2D eigenvalue weighted by Gasteiger charge is 2.62. The maximum atomic E-state index is 12.9. The Bertz CT molecular complexity index is 639. The average Bonchev–Trinajstić information content (AvgIpc) is 2.52. The predicted octanol–water partition coefficient (Wildman–Crippen LogP) is 1.23. The molecule has 0 fully saturated rings. The fourth-order valence-corrected chi connectivity index (χ4v) is 3.53. The van der Waals surface area contributed by atoms with Gasteiger partial charge in [-0.2, -0.15) is 0 Å². The predicted molar refractivity (Wildman–Crippen MR) is 76.8 cm³/mol. The number of hydrogen-bond donors (Lipinski definition) is 1. The van der Waals surface area contributed by atoms with Crippen molar-refractivity contribution in [3.63, 3.8) is 0 Å². The number of carbonyl (C=O) groups is 2.